The molecule has 0 aliphatic carbocycles. The van der Waals surface area contributed by atoms with E-state index in [0.29, 0.717) is 12.5 Å². The smallest absolute Gasteiger partial charge is 0.412 e. The van der Waals surface area contributed by atoms with Crippen molar-refractivity contribution >= 4 is 12.1 Å². The predicted molar refractivity (Wildman–Crippen MR) is 86.9 cm³/mol. The van der Waals surface area contributed by atoms with Gasteiger partial charge in [0.05, 0.1) is 12.1 Å². The van der Waals surface area contributed by atoms with Crippen LogP contribution in [0.1, 0.15) is 41.5 Å². The minimum Gasteiger partial charge on any atom is -0.444 e. The lowest BCUT2D eigenvalue weighted by molar-refractivity contribution is -0.0755. The highest BCUT2D eigenvalue weighted by molar-refractivity contribution is 5.79. The number of hydrogen-bond donors (Lipinski definition) is 2. The zero-order valence-corrected chi connectivity index (χ0v) is 15.0. The molecule has 128 valence electrons. The van der Waals surface area contributed by atoms with Gasteiger partial charge in [0, 0.05) is 20.6 Å². The molecule has 0 radical (unpaired) electrons. The molecule has 1 fully saturated rings. The van der Waals surface area contributed by atoms with Crippen LogP contribution in [0.15, 0.2) is 4.99 Å². The van der Waals surface area contributed by atoms with Gasteiger partial charge < -0.3 is 20.1 Å². The van der Waals surface area contributed by atoms with Crippen molar-refractivity contribution in [3.8, 4) is 0 Å². The van der Waals surface area contributed by atoms with Crippen LogP contribution in [0.5, 0.6) is 0 Å². The Hall–Kier alpha value is -1.50. The molecule has 2 unspecified atom stereocenters. The summed E-state index contributed by atoms with van der Waals surface area (Å²) in [5.41, 5.74) is -1.25. The summed E-state index contributed by atoms with van der Waals surface area (Å²) < 4.78 is 11.5. The molecule has 2 N–H and O–H groups in total. The maximum absolute atomic E-state index is 12.6. The molecular formula is C15H30N4O3. The predicted octanol–water partition coefficient (Wildman–Crippen LogP) is 1.54. The summed E-state index contributed by atoms with van der Waals surface area (Å²) in [6.45, 7) is 11.8. The van der Waals surface area contributed by atoms with Crippen LogP contribution in [-0.2, 0) is 9.47 Å². The summed E-state index contributed by atoms with van der Waals surface area (Å²) in [4.78, 5) is 18.3. The number of ether oxygens (including phenoxy) is 2. The molecule has 1 rings (SSSR count). The van der Waals surface area contributed by atoms with Crippen molar-refractivity contribution in [3.05, 3.63) is 0 Å². The molecule has 0 saturated carbocycles. The third kappa shape index (κ3) is 4.50. The largest absolute Gasteiger partial charge is 0.444 e. The third-order valence-corrected chi connectivity index (χ3v) is 3.46. The standard InChI is InChI=1S/C15H30N4O3/c1-10-11(9-18-12(16-7)17-8)19(15(5,6)21-10)13(20)22-14(2,3)4/h10-11H,9H2,1-8H3,(H2,16,17,18). The number of guanidine groups is 1. The quantitative estimate of drug-likeness (QED) is 0.597. The second kappa shape index (κ2) is 6.73. The zero-order valence-electron chi connectivity index (χ0n) is 15.0. The molecule has 1 amide bonds. The Morgan fingerprint density at radius 3 is 2.45 bits per heavy atom. The number of carbonyl (C=O) groups excluding carboxylic acids is 1. The molecule has 1 aliphatic rings. The van der Waals surface area contributed by atoms with Crippen molar-refractivity contribution in [1.29, 1.82) is 0 Å². The number of amides is 1. The number of carbonyl (C=O) groups is 1. The lowest BCUT2D eigenvalue weighted by Gasteiger charge is -2.35. The Morgan fingerprint density at radius 1 is 1.41 bits per heavy atom. The van der Waals surface area contributed by atoms with Gasteiger partial charge in [-0.05, 0) is 41.5 Å². The van der Waals surface area contributed by atoms with Crippen molar-refractivity contribution in [1.82, 2.24) is 15.5 Å². The van der Waals surface area contributed by atoms with Crippen LogP contribution in [0.3, 0.4) is 0 Å². The van der Waals surface area contributed by atoms with Gasteiger partial charge in [0.2, 0.25) is 0 Å². The van der Waals surface area contributed by atoms with Crippen molar-refractivity contribution in [2.75, 3.05) is 20.6 Å². The van der Waals surface area contributed by atoms with E-state index in [0.717, 1.165) is 0 Å². The van der Waals surface area contributed by atoms with E-state index in [9.17, 15) is 4.79 Å². The first-order valence-corrected chi connectivity index (χ1v) is 7.60. The fourth-order valence-corrected chi connectivity index (χ4v) is 2.60. The Bertz CT molecular complexity index is 429. The zero-order chi connectivity index (χ0) is 17.1. The Morgan fingerprint density at radius 2 is 2.00 bits per heavy atom. The molecule has 7 nitrogen and oxygen atoms in total. The number of nitrogens with one attached hydrogen (secondary N) is 2. The maximum Gasteiger partial charge on any atom is 0.412 e. The van der Waals surface area contributed by atoms with E-state index in [4.69, 9.17) is 9.47 Å². The Balaban J connectivity index is 2.90. The van der Waals surface area contributed by atoms with Crippen LogP contribution in [0, 0.1) is 0 Å². The van der Waals surface area contributed by atoms with E-state index in [-0.39, 0.29) is 18.2 Å². The topological polar surface area (TPSA) is 75.2 Å². The van der Waals surface area contributed by atoms with Gasteiger partial charge in [0.1, 0.15) is 11.3 Å². The fraction of sp³-hybridized carbons (Fsp3) is 0.867. The summed E-state index contributed by atoms with van der Waals surface area (Å²) in [5, 5.41) is 6.14. The molecule has 1 saturated heterocycles. The van der Waals surface area contributed by atoms with Gasteiger partial charge in [-0.3, -0.25) is 9.89 Å². The van der Waals surface area contributed by atoms with Crippen LogP contribution in [0.25, 0.3) is 0 Å². The minimum absolute atomic E-state index is 0.106. The highest BCUT2D eigenvalue weighted by Crippen LogP contribution is 2.33. The van der Waals surface area contributed by atoms with Crippen molar-refractivity contribution in [3.63, 3.8) is 0 Å². The molecule has 2 atom stereocenters. The summed E-state index contributed by atoms with van der Waals surface area (Å²) in [6, 6.07) is -0.144. The highest BCUT2D eigenvalue weighted by atomic mass is 16.6. The monoisotopic (exact) mass is 314 g/mol. The molecule has 0 aromatic heterocycles. The van der Waals surface area contributed by atoms with E-state index in [1.165, 1.54) is 0 Å². The molecule has 1 aliphatic heterocycles. The van der Waals surface area contributed by atoms with E-state index in [1.807, 2.05) is 41.5 Å². The van der Waals surface area contributed by atoms with Gasteiger partial charge >= 0.3 is 6.09 Å². The first kappa shape index (κ1) is 18.5. The van der Waals surface area contributed by atoms with Crippen LogP contribution < -0.4 is 10.6 Å². The number of aliphatic imine (C=N–C) groups is 1. The van der Waals surface area contributed by atoms with Crippen LogP contribution in [0.4, 0.5) is 4.79 Å². The molecule has 0 aromatic rings. The molecule has 1 heterocycles. The first-order valence-electron chi connectivity index (χ1n) is 7.60. The van der Waals surface area contributed by atoms with E-state index < -0.39 is 11.3 Å². The summed E-state index contributed by atoms with van der Waals surface area (Å²) >= 11 is 0. The molecule has 0 spiro atoms. The summed E-state index contributed by atoms with van der Waals surface area (Å²) in [6.07, 6.45) is -0.474. The average molecular weight is 314 g/mol. The molecule has 0 aromatic carbocycles. The molecular weight excluding hydrogens is 284 g/mol. The van der Waals surface area contributed by atoms with Gasteiger partial charge in [0.15, 0.2) is 5.96 Å². The lowest BCUT2D eigenvalue weighted by Crippen LogP contribution is -2.54. The van der Waals surface area contributed by atoms with Crippen molar-refractivity contribution in [2.45, 2.75) is 65.0 Å². The second-order valence-corrected chi connectivity index (χ2v) is 6.89. The Labute approximate surface area is 133 Å². The van der Waals surface area contributed by atoms with Gasteiger partial charge in [-0.1, -0.05) is 0 Å². The van der Waals surface area contributed by atoms with Crippen LogP contribution in [0.2, 0.25) is 0 Å². The summed E-state index contributed by atoms with van der Waals surface area (Å²) in [7, 11) is 3.49. The van der Waals surface area contributed by atoms with Gasteiger partial charge in [-0.25, -0.2) is 4.79 Å². The van der Waals surface area contributed by atoms with Crippen molar-refractivity contribution in [2.24, 2.45) is 4.99 Å². The van der Waals surface area contributed by atoms with Crippen LogP contribution in [-0.4, -0.2) is 61.1 Å². The number of hydrogen-bond acceptors (Lipinski definition) is 4. The Kier molecular flexibility index (Phi) is 5.67. The van der Waals surface area contributed by atoms with E-state index >= 15 is 0 Å². The third-order valence-electron chi connectivity index (χ3n) is 3.46. The minimum atomic E-state index is -0.711. The molecule has 7 heteroatoms. The average Bonchev–Trinajstić information content (AvgIpc) is 2.57. The second-order valence-electron chi connectivity index (χ2n) is 6.89. The number of rotatable bonds is 2. The van der Waals surface area contributed by atoms with Crippen molar-refractivity contribution < 1.29 is 14.3 Å². The SMILES string of the molecule is CN=C(NC)NCC1C(C)OC(C)(C)N1C(=O)OC(C)(C)C. The molecule has 0 bridgehead atoms. The van der Waals surface area contributed by atoms with Gasteiger partial charge in [-0.15, -0.1) is 0 Å². The lowest BCUT2D eigenvalue weighted by atomic mass is 10.1. The first-order chi connectivity index (χ1) is 10.0. The van der Waals surface area contributed by atoms with Gasteiger partial charge in [0.25, 0.3) is 0 Å². The normalized spacial score (nSPS) is 25.1. The van der Waals surface area contributed by atoms with E-state index in [1.54, 1.807) is 19.0 Å². The molecule has 22 heavy (non-hydrogen) atoms. The maximum atomic E-state index is 12.6. The van der Waals surface area contributed by atoms with Crippen LogP contribution >= 0.6 is 0 Å². The summed E-state index contributed by atoms with van der Waals surface area (Å²) in [5.74, 6) is 0.668. The number of nitrogens with zero attached hydrogens (tertiary/aromatic N) is 2. The van der Waals surface area contributed by atoms with E-state index in [2.05, 4.69) is 15.6 Å². The van der Waals surface area contributed by atoms with Gasteiger partial charge in [-0.2, -0.15) is 0 Å². The fourth-order valence-electron chi connectivity index (χ4n) is 2.60. The highest BCUT2D eigenvalue weighted by Gasteiger charge is 2.49.